The highest BCUT2D eigenvalue weighted by molar-refractivity contribution is 8.07. The normalized spacial score (nSPS) is 22.9. The van der Waals surface area contributed by atoms with Gasteiger partial charge in [-0.15, -0.1) is 0 Å². The third kappa shape index (κ3) is 3.86. The summed E-state index contributed by atoms with van der Waals surface area (Å²) in [4.78, 5) is 2.61. The van der Waals surface area contributed by atoms with E-state index < -0.39 is 0 Å². The molecule has 0 saturated carbocycles. The third-order valence-corrected chi connectivity index (χ3v) is 3.59. The minimum Gasteiger partial charge on any atom is -0.298 e. The molecule has 14 heavy (non-hydrogen) atoms. The van der Waals surface area contributed by atoms with Gasteiger partial charge in [-0.05, 0) is 46.7 Å². The molecule has 1 saturated heterocycles. The summed E-state index contributed by atoms with van der Waals surface area (Å²) in [5, 5.41) is 0. The first-order chi connectivity index (χ1) is 6.54. The molecule has 0 spiro atoms. The van der Waals surface area contributed by atoms with Gasteiger partial charge in [0.1, 0.15) is 0 Å². The molecule has 81 valence electrons. The first-order valence-corrected chi connectivity index (χ1v) is 6.28. The van der Waals surface area contributed by atoms with Crippen LogP contribution in [0.25, 0.3) is 0 Å². The van der Waals surface area contributed by atoms with E-state index in [2.05, 4.69) is 44.7 Å². The Bertz CT molecular complexity index is 157. The highest BCUT2D eigenvalue weighted by atomic mass is 32.1. The molecule has 1 aliphatic rings. The van der Waals surface area contributed by atoms with E-state index in [4.69, 9.17) is 0 Å². The van der Waals surface area contributed by atoms with E-state index in [-0.39, 0.29) is 0 Å². The average molecular weight is 212 g/mol. The molecule has 0 aromatic heterocycles. The second-order valence-electron chi connectivity index (χ2n) is 5.35. The Morgan fingerprint density at radius 2 is 1.64 bits per heavy atom. The lowest BCUT2D eigenvalue weighted by Crippen LogP contribution is -2.43. The van der Waals surface area contributed by atoms with E-state index in [9.17, 15) is 0 Å². The number of thiol groups is 1. The topological polar surface area (TPSA) is 3.24 Å². The Morgan fingerprint density at radius 1 is 1.14 bits per heavy atom. The van der Waals surface area contributed by atoms with Crippen molar-refractivity contribution < 1.29 is 0 Å². The van der Waals surface area contributed by atoms with Gasteiger partial charge in [-0.25, -0.2) is 12.5 Å². The van der Waals surface area contributed by atoms with E-state index >= 15 is 0 Å². The summed E-state index contributed by atoms with van der Waals surface area (Å²) in [6, 6.07) is 0. The average Bonchev–Trinajstić information content (AvgIpc) is 2.01. The maximum Gasteiger partial charge on any atom is 0.190 e. The van der Waals surface area contributed by atoms with Crippen molar-refractivity contribution in [1.82, 2.24) is 4.90 Å². The fourth-order valence-corrected chi connectivity index (χ4v) is 2.46. The number of likely N-dealkylation sites (tertiary alicyclic amines) is 1. The Hall–Kier alpha value is 0.375. The molecule has 1 fully saturated rings. The fraction of sp³-hybridized carbons (Fsp3) is 1.00. The fourth-order valence-electron chi connectivity index (χ4n) is 2.16. The molecule has 0 atom stereocenters. The summed E-state index contributed by atoms with van der Waals surface area (Å²) < 4.78 is 0. The number of nitrogens with zero attached hydrogens (tertiary/aromatic N) is 1. The van der Waals surface area contributed by atoms with Gasteiger partial charge >= 0.3 is 0 Å². The first-order valence-electron chi connectivity index (χ1n) is 5.76. The van der Waals surface area contributed by atoms with Crippen molar-refractivity contribution in [1.29, 1.82) is 0 Å². The molecule has 0 aromatic rings. The van der Waals surface area contributed by atoms with Crippen molar-refractivity contribution in [2.75, 3.05) is 13.1 Å². The van der Waals surface area contributed by atoms with Crippen molar-refractivity contribution >= 4 is 19.0 Å². The van der Waals surface area contributed by atoms with Gasteiger partial charge in [0, 0.05) is 5.54 Å². The Morgan fingerprint density at radius 3 is 2.00 bits per heavy atom. The lowest BCUT2D eigenvalue weighted by molar-refractivity contribution is 0.124. The zero-order valence-electron chi connectivity index (χ0n) is 9.79. The van der Waals surface area contributed by atoms with Gasteiger partial charge in [0.2, 0.25) is 0 Å². The summed E-state index contributed by atoms with van der Waals surface area (Å²) in [6.07, 6.45) is 5.27. The molecule has 1 rings (SSSR count). The first kappa shape index (κ1) is 12.4. The standard InChI is InChI=1S/C11H23BNS/c1-11(2,3)13-8-4-6-10(12-14)7-5-9-13/h10,14H,4-9H2,1-3H3. The van der Waals surface area contributed by atoms with Crippen LogP contribution >= 0.6 is 12.5 Å². The van der Waals surface area contributed by atoms with Gasteiger partial charge in [-0.3, -0.25) is 4.90 Å². The van der Waals surface area contributed by atoms with Gasteiger partial charge in [0.25, 0.3) is 0 Å². The maximum atomic E-state index is 4.29. The zero-order chi connectivity index (χ0) is 10.6. The van der Waals surface area contributed by atoms with E-state index in [1.165, 1.54) is 38.8 Å². The van der Waals surface area contributed by atoms with Crippen molar-refractivity contribution in [2.45, 2.75) is 57.8 Å². The molecule has 1 nitrogen and oxygen atoms in total. The second-order valence-corrected chi connectivity index (χ2v) is 5.65. The summed E-state index contributed by atoms with van der Waals surface area (Å²) in [5.41, 5.74) is 0.345. The summed E-state index contributed by atoms with van der Waals surface area (Å²) in [6.45, 7) is 11.5. The lowest BCUT2D eigenvalue weighted by atomic mass is 9.77. The van der Waals surface area contributed by atoms with Crippen LogP contribution in [0.5, 0.6) is 0 Å². The van der Waals surface area contributed by atoms with Crippen LogP contribution in [-0.2, 0) is 0 Å². The van der Waals surface area contributed by atoms with Crippen molar-refractivity contribution in [2.24, 2.45) is 0 Å². The largest absolute Gasteiger partial charge is 0.298 e. The molecule has 0 bridgehead atoms. The molecule has 0 N–H and O–H groups in total. The number of rotatable bonds is 1. The molecular formula is C11H23BNS. The van der Waals surface area contributed by atoms with Gasteiger partial charge in [0.05, 0.1) is 0 Å². The number of hydrogen-bond donors (Lipinski definition) is 1. The van der Waals surface area contributed by atoms with Crippen LogP contribution in [0.4, 0.5) is 0 Å². The lowest BCUT2D eigenvalue weighted by Gasteiger charge is -2.37. The van der Waals surface area contributed by atoms with Crippen LogP contribution in [0.2, 0.25) is 5.82 Å². The molecule has 0 aromatic carbocycles. The molecule has 3 heteroatoms. The molecule has 0 aliphatic carbocycles. The second kappa shape index (κ2) is 5.46. The zero-order valence-corrected chi connectivity index (χ0v) is 10.7. The number of hydrogen-bond acceptors (Lipinski definition) is 2. The van der Waals surface area contributed by atoms with Crippen LogP contribution in [0.15, 0.2) is 0 Å². The van der Waals surface area contributed by atoms with Crippen molar-refractivity contribution in [3.05, 3.63) is 0 Å². The molecular weight excluding hydrogens is 189 g/mol. The molecule has 1 heterocycles. The minimum atomic E-state index is 0.345. The van der Waals surface area contributed by atoms with Crippen LogP contribution in [0.1, 0.15) is 46.5 Å². The smallest absolute Gasteiger partial charge is 0.190 e. The van der Waals surface area contributed by atoms with E-state index in [0.29, 0.717) is 5.54 Å². The van der Waals surface area contributed by atoms with Crippen LogP contribution in [0.3, 0.4) is 0 Å². The predicted molar refractivity (Wildman–Crippen MR) is 68.3 cm³/mol. The monoisotopic (exact) mass is 212 g/mol. The van der Waals surface area contributed by atoms with Gasteiger partial charge in [-0.2, -0.15) is 0 Å². The summed E-state index contributed by atoms with van der Waals surface area (Å²) in [5.74, 6) is 0.750. The van der Waals surface area contributed by atoms with Gasteiger partial charge in [-0.1, -0.05) is 18.7 Å². The van der Waals surface area contributed by atoms with Crippen molar-refractivity contribution in [3.8, 4) is 0 Å². The quantitative estimate of drug-likeness (QED) is 0.516. The SMILES string of the molecule is CC(C)(C)N1CCCC([B]S)CCC1. The summed E-state index contributed by atoms with van der Waals surface area (Å²) >= 11 is 4.29. The highest BCUT2D eigenvalue weighted by Crippen LogP contribution is 2.25. The van der Waals surface area contributed by atoms with E-state index in [0.717, 1.165) is 5.82 Å². The Labute approximate surface area is 95.2 Å². The van der Waals surface area contributed by atoms with Crippen LogP contribution in [0, 0.1) is 0 Å². The van der Waals surface area contributed by atoms with E-state index in [1.54, 1.807) is 0 Å². The van der Waals surface area contributed by atoms with Crippen LogP contribution < -0.4 is 0 Å². The van der Waals surface area contributed by atoms with Gasteiger partial charge in [0.15, 0.2) is 6.56 Å². The molecule has 1 aliphatic heterocycles. The third-order valence-electron chi connectivity index (χ3n) is 3.17. The predicted octanol–water partition coefficient (Wildman–Crippen LogP) is 3.00. The molecule has 0 amide bonds. The van der Waals surface area contributed by atoms with Crippen molar-refractivity contribution in [3.63, 3.8) is 0 Å². The van der Waals surface area contributed by atoms with Gasteiger partial charge < -0.3 is 0 Å². The summed E-state index contributed by atoms with van der Waals surface area (Å²) in [7, 11) is 0. The Balaban J connectivity index is 2.40. The minimum absolute atomic E-state index is 0.345. The molecule has 1 radical (unpaired) electrons. The van der Waals surface area contributed by atoms with E-state index in [1.807, 2.05) is 0 Å². The van der Waals surface area contributed by atoms with Crippen LogP contribution in [-0.4, -0.2) is 30.1 Å². The highest BCUT2D eigenvalue weighted by Gasteiger charge is 2.22. The maximum absolute atomic E-state index is 4.29. The molecule has 0 unspecified atom stereocenters. The Kier molecular flexibility index (Phi) is 4.85.